The molecule has 92 valence electrons. The van der Waals surface area contributed by atoms with E-state index < -0.39 is 0 Å². The van der Waals surface area contributed by atoms with Crippen LogP contribution in [0.3, 0.4) is 0 Å². The van der Waals surface area contributed by atoms with Gasteiger partial charge in [0, 0.05) is 16.6 Å². The second-order valence-electron chi connectivity index (χ2n) is 4.75. The summed E-state index contributed by atoms with van der Waals surface area (Å²) in [5, 5.41) is 2.98. The minimum atomic E-state index is -0.0165. The predicted octanol–water partition coefficient (Wildman–Crippen LogP) is 2.31. The maximum Gasteiger partial charge on any atom is 0.251 e. The van der Waals surface area contributed by atoms with E-state index in [2.05, 4.69) is 21.2 Å². The lowest BCUT2D eigenvalue weighted by Gasteiger charge is -2.41. The molecule has 1 aliphatic rings. The van der Waals surface area contributed by atoms with Crippen molar-refractivity contribution in [3.05, 3.63) is 34.3 Å². The lowest BCUT2D eigenvalue weighted by molar-refractivity contribution is 0.0876. The van der Waals surface area contributed by atoms with Crippen LogP contribution in [0.2, 0.25) is 0 Å². The number of benzene rings is 1. The van der Waals surface area contributed by atoms with Crippen molar-refractivity contribution in [2.45, 2.75) is 19.3 Å². The van der Waals surface area contributed by atoms with E-state index in [9.17, 15) is 4.79 Å². The molecule has 0 spiro atoms. The molecule has 0 radical (unpaired) electrons. The first kappa shape index (κ1) is 12.6. The van der Waals surface area contributed by atoms with Gasteiger partial charge in [-0.2, -0.15) is 0 Å². The number of hydrogen-bond acceptors (Lipinski definition) is 2. The van der Waals surface area contributed by atoms with Crippen molar-refractivity contribution in [1.29, 1.82) is 0 Å². The van der Waals surface area contributed by atoms with E-state index >= 15 is 0 Å². The molecule has 3 nitrogen and oxygen atoms in total. The first-order valence-corrected chi connectivity index (χ1v) is 6.68. The zero-order valence-corrected chi connectivity index (χ0v) is 11.3. The number of rotatable bonds is 4. The van der Waals surface area contributed by atoms with Crippen LogP contribution in [0.15, 0.2) is 28.7 Å². The van der Waals surface area contributed by atoms with Gasteiger partial charge < -0.3 is 11.1 Å². The molecule has 0 aliphatic heterocycles. The number of amides is 1. The monoisotopic (exact) mass is 296 g/mol. The van der Waals surface area contributed by atoms with Gasteiger partial charge in [-0.25, -0.2) is 0 Å². The molecule has 0 unspecified atom stereocenters. The average Bonchev–Trinajstić information content (AvgIpc) is 2.29. The number of halogens is 1. The molecule has 1 aromatic carbocycles. The third-order valence-corrected chi connectivity index (χ3v) is 4.11. The Kier molecular flexibility index (Phi) is 3.84. The van der Waals surface area contributed by atoms with Crippen LogP contribution >= 0.6 is 15.9 Å². The van der Waals surface area contributed by atoms with Gasteiger partial charge in [0.25, 0.3) is 5.91 Å². The molecular weight excluding hydrogens is 280 g/mol. The van der Waals surface area contributed by atoms with Crippen LogP contribution in [0.1, 0.15) is 29.6 Å². The third kappa shape index (κ3) is 2.87. The lowest BCUT2D eigenvalue weighted by atomic mass is 9.69. The molecule has 17 heavy (non-hydrogen) atoms. The van der Waals surface area contributed by atoms with Crippen LogP contribution < -0.4 is 11.1 Å². The lowest BCUT2D eigenvalue weighted by Crippen LogP contribution is -2.46. The van der Waals surface area contributed by atoms with Crippen LogP contribution in [0.5, 0.6) is 0 Å². The van der Waals surface area contributed by atoms with Crippen molar-refractivity contribution in [2.75, 3.05) is 13.1 Å². The van der Waals surface area contributed by atoms with Crippen LogP contribution in [0.4, 0.5) is 0 Å². The summed E-state index contributed by atoms with van der Waals surface area (Å²) in [6.45, 7) is 1.35. The molecule has 0 aromatic heterocycles. The summed E-state index contributed by atoms with van der Waals surface area (Å²) in [5.74, 6) is -0.0165. The van der Waals surface area contributed by atoms with Gasteiger partial charge in [0.2, 0.25) is 0 Å². The second kappa shape index (κ2) is 5.19. The fourth-order valence-electron chi connectivity index (χ4n) is 2.10. The first-order chi connectivity index (χ1) is 8.15. The summed E-state index contributed by atoms with van der Waals surface area (Å²) in [6.07, 6.45) is 3.49. The van der Waals surface area contributed by atoms with Gasteiger partial charge >= 0.3 is 0 Å². The zero-order valence-electron chi connectivity index (χ0n) is 9.71. The Balaban J connectivity index is 1.91. The summed E-state index contributed by atoms with van der Waals surface area (Å²) >= 11 is 3.35. The Morgan fingerprint density at radius 1 is 1.35 bits per heavy atom. The molecule has 1 aromatic rings. The number of carbonyl (C=O) groups excluding carboxylic acids is 1. The highest BCUT2D eigenvalue weighted by Crippen LogP contribution is 2.39. The van der Waals surface area contributed by atoms with E-state index in [4.69, 9.17) is 5.73 Å². The number of carbonyl (C=O) groups is 1. The maximum absolute atomic E-state index is 11.9. The normalized spacial score (nSPS) is 17.3. The standard InChI is InChI=1S/C13H17BrN2O/c14-11-4-2-10(3-5-11)12(17)16-9-13(8-15)6-1-7-13/h2-5H,1,6-9,15H2,(H,16,17). The molecule has 0 bridgehead atoms. The molecule has 4 heteroatoms. The number of hydrogen-bond donors (Lipinski definition) is 2. The first-order valence-electron chi connectivity index (χ1n) is 5.89. The number of nitrogens with two attached hydrogens (primary N) is 1. The highest BCUT2D eigenvalue weighted by atomic mass is 79.9. The summed E-state index contributed by atoms with van der Waals surface area (Å²) < 4.78 is 0.978. The van der Waals surface area contributed by atoms with Gasteiger partial charge in [-0.05, 0) is 49.1 Å². The van der Waals surface area contributed by atoms with E-state index in [1.165, 1.54) is 6.42 Å². The van der Waals surface area contributed by atoms with Gasteiger partial charge in [-0.15, -0.1) is 0 Å². The van der Waals surface area contributed by atoms with Crippen molar-refractivity contribution < 1.29 is 4.79 Å². The van der Waals surface area contributed by atoms with E-state index in [0.717, 1.165) is 17.3 Å². The van der Waals surface area contributed by atoms with Crippen LogP contribution in [0.25, 0.3) is 0 Å². The van der Waals surface area contributed by atoms with E-state index in [1.54, 1.807) is 0 Å². The molecule has 0 atom stereocenters. The molecule has 1 fully saturated rings. The molecule has 1 amide bonds. The van der Waals surface area contributed by atoms with Crippen LogP contribution in [-0.4, -0.2) is 19.0 Å². The summed E-state index contributed by atoms with van der Waals surface area (Å²) in [6, 6.07) is 7.37. The zero-order chi connectivity index (χ0) is 12.3. The van der Waals surface area contributed by atoms with Gasteiger partial charge in [0.05, 0.1) is 0 Å². The molecule has 3 N–H and O–H groups in total. The highest BCUT2D eigenvalue weighted by molar-refractivity contribution is 9.10. The van der Waals surface area contributed by atoms with Crippen LogP contribution in [0, 0.1) is 5.41 Å². The van der Waals surface area contributed by atoms with Gasteiger partial charge in [0.1, 0.15) is 0 Å². The Hall–Kier alpha value is -0.870. The Bertz CT molecular complexity index is 393. The largest absolute Gasteiger partial charge is 0.351 e. The van der Waals surface area contributed by atoms with E-state index in [1.807, 2.05) is 24.3 Å². The minimum Gasteiger partial charge on any atom is -0.351 e. The van der Waals surface area contributed by atoms with E-state index in [-0.39, 0.29) is 11.3 Å². The smallest absolute Gasteiger partial charge is 0.251 e. The average molecular weight is 297 g/mol. The quantitative estimate of drug-likeness (QED) is 0.896. The molecule has 2 rings (SSSR count). The van der Waals surface area contributed by atoms with E-state index in [0.29, 0.717) is 18.7 Å². The van der Waals surface area contributed by atoms with Crippen molar-refractivity contribution in [3.63, 3.8) is 0 Å². The van der Waals surface area contributed by atoms with Gasteiger partial charge in [-0.1, -0.05) is 22.4 Å². The summed E-state index contributed by atoms with van der Waals surface area (Å²) in [4.78, 5) is 11.9. The topological polar surface area (TPSA) is 55.1 Å². The molecule has 1 saturated carbocycles. The Morgan fingerprint density at radius 3 is 2.47 bits per heavy atom. The van der Waals surface area contributed by atoms with Crippen LogP contribution in [-0.2, 0) is 0 Å². The molecular formula is C13H17BrN2O. The third-order valence-electron chi connectivity index (χ3n) is 3.58. The fourth-order valence-corrected chi connectivity index (χ4v) is 2.37. The van der Waals surface area contributed by atoms with Crippen molar-refractivity contribution in [1.82, 2.24) is 5.32 Å². The summed E-state index contributed by atoms with van der Waals surface area (Å²) in [5.41, 5.74) is 6.61. The van der Waals surface area contributed by atoms with Gasteiger partial charge in [-0.3, -0.25) is 4.79 Å². The van der Waals surface area contributed by atoms with Gasteiger partial charge in [0.15, 0.2) is 0 Å². The van der Waals surface area contributed by atoms with Crippen molar-refractivity contribution in [3.8, 4) is 0 Å². The van der Waals surface area contributed by atoms with Crippen molar-refractivity contribution in [2.24, 2.45) is 11.1 Å². The SMILES string of the molecule is NCC1(CNC(=O)c2ccc(Br)cc2)CCC1. The second-order valence-corrected chi connectivity index (χ2v) is 5.66. The predicted molar refractivity (Wildman–Crippen MR) is 71.8 cm³/mol. The highest BCUT2D eigenvalue weighted by Gasteiger charge is 2.35. The summed E-state index contributed by atoms with van der Waals surface area (Å²) in [7, 11) is 0. The number of nitrogens with one attached hydrogen (secondary N) is 1. The minimum absolute atomic E-state index is 0.0165. The maximum atomic E-state index is 11.9. The molecule has 0 saturated heterocycles. The van der Waals surface area contributed by atoms with Crippen molar-refractivity contribution >= 4 is 21.8 Å². The molecule has 0 heterocycles. The molecule has 1 aliphatic carbocycles. The Morgan fingerprint density at radius 2 is 2.00 bits per heavy atom. The fraction of sp³-hybridized carbons (Fsp3) is 0.462. The Labute approximate surface area is 110 Å².